The number of carboxylic acids is 1. The van der Waals surface area contributed by atoms with Crippen molar-refractivity contribution in [3.63, 3.8) is 0 Å². The Morgan fingerprint density at radius 3 is 2.94 bits per heavy atom. The number of hydrogen-bond donors (Lipinski definition) is 4. The van der Waals surface area contributed by atoms with Crippen LogP contribution in [-0.2, 0) is 9.59 Å². The van der Waals surface area contributed by atoms with Crippen LogP contribution in [0.4, 0.5) is 5.13 Å². The molecule has 1 rings (SSSR count). The van der Waals surface area contributed by atoms with Crippen molar-refractivity contribution in [3.05, 3.63) is 11.1 Å². The van der Waals surface area contributed by atoms with Crippen LogP contribution in [0.5, 0.6) is 0 Å². The van der Waals surface area contributed by atoms with Crippen molar-refractivity contribution in [3.8, 4) is 0 Å². The largest absolute Gasteiger partial charge is 0.480 e. The van der Waals surface area contributed by atoms with Gasteiger partial charge < -0.3 is 21.5 Å². The lowest BCUT2D eigenvalue weighted by Crippen LogP contribution is -2.21. The van der Waals surface area contributed by atoms with E-state index in [9.17, 15) is 9.59 Å². The van der Waals surface area contributed by atoms with Gasteiger partial charge in [-0.1, -0.05) is 0 Å². The molecule has 0 fully saturated rings. The number of carbonyl (C=O) groups is 2. The lowest BCUT2D eigenvalue weighted by Gasteiger charge is -2.02. The van der Waals surface area contributed by atoms with Gasteiger partial charge in [-0.05, 0) is 0 Å². The molecule has 8 heteroatoms. The van der Waals surface area contributed by atoms with Crippen LogP contribution < -0.4 is 16.4 Å². The van der Waals surface area contributed by atoms with Crippen LogP contribution in [0.1, 0.15) is 18.2 Å². The Morgan fingerprint density at radius 1 is 1.65 bits per heavy atom. The number of thiazole rings is 1. The lowest BCUT2D eigenvalue weighted by molar-refractivity contribution is -0.138. The molecule has 1 amide bonds. The summed E-state index contributed by atoms with van der Waals surface area (Å²) in [5.74, 6) is -1.19. The third kappa shape index (κ3) is 4.00. The molecule has 17 heavy (non-hydrogen) atoms. The number of aliphatic carboxylic acids is 1. The minimum atomic E-state index is -1.12. The van der Waals surface area contributed by atoms with Gasteiger partial charge in [-0.15, -0.1) is 11.3 Å². The summed E-state index contributed by atoms with van der Waals surface area (Å²) in [6.07, 6.45) is 0.330. The van der Waals surface area contributed by atoms with E-state index >= 15 is 0 Å². The summed E-state index contributed by atoms with van der Waals surface area (Å²) in [7, 11) is 1.57. The molecule has 0 aliphatic heterocycles. The number of amides is 1. The standard InChI is InChI=1S/C9H14N4O3S/c1-11-6(14)2-3-12-9-13-5(4-17-9)7(10)8(15)16/h4,7H,2-3,10H2,1H3,(H,11,14)(H,12,13)(H,15,16). The summed E-state index contributed by atoms with van der Waals surface area (Å²) in [6.45, 7) is 0.439. The van der Waals surface area contributed by atoms with Crippen molar-refractivity contribution in [1.82, 2.24) is 10.3 Å². The maximum atomic E-state index is 10.9. The monoisotopic (exact) mass is 258 g/mol. The first kappa shape index (κ1) is 13.4. The van der Waals surface area contributed by atoms with Gasteiger partial charge in [0.1, 0.15) is 6.04 Å². The molecule has 0 aliphatic rings. The molecular weight excluding hydrogens is 244 g/mol. The minimum absolute atomic E-state index is 0.0727. The van der Waals surface area contributed by atoms with E-state index in [1.54, 1.807) is 12.4 Å². The van der Waals surface area contributed by atoms with Crippen LogP contribution in [0, 0.1) is 0 Å². The van der Waals surface area contributed by atoms with Crippen molar-refractivity contribution in [2.45, 2.75) is 12.5 Å². The second kappa shape index (κ2) is 6.16. The molecule has 94 valence electrons. The fourth-order valence-corrected chi connectivity index (χ4v) is 1.82. The first-order chi connectivity index (χ1) is 8.04. The van der Waals surface area contributed by atoms with Gasteiger partial charge in [-0.3, -0.25) is 9.59 Å². The third-order valence-electron chi connectivity index (χ3n) is 2.01. The van der Waals surface area contributed by atoms with E-state index in [2.05, 4.69) is 15.6 Å². The van der Waals surface area contributed by atoms with Crippen LogP contribution in [0.2, 0.25) is 0 Å². The van der Waals surface area contributed by atoms with Gasteiger partial charge in [-0.25, -0.2) is 4.98 Å². The molecule has 0 aliphatic carbocycles. The number of aromatic nitrogens is 1. The predicted octanol–water partition coefficient (Wildman–Crippen LogP) is -0.224. The van der Waals surface area contributed by atoms with E-state index in [1.807, 2.05) is 0 Å². The molecule has 5 N–H and O–H groups in total. The molecule has 0 radical (unpaired) electrons. The smallest absolute Gasteiger partial charge is 0.326 e. The maximum Gasteiger partial charge on any atom is 0.326 e. The van der Waals surface area contributed by atoms with E-state index in [4.69, 9.17) is 10.8 Å². The molecule has 0 saturated carbocycles. The number of nitrogens with zero attached hydrogens (tertiary/aromatic N) is 1. The zero-order valence-corrected chi connectivity index (χ0v) is 10.1. The summed E-state index contributed by atoms with van der Waals surface area (Å²) in [5.41, 5.74) is 5.71. The summed E-state index contributed by atoms with van der Waals surface area (Å²) in [4.78, 5) is 25.6. The van der Waals surface area contributed by atoms with E-state index in [1.165, 1.54) is 11.3 Å². The fourth-order valence-electron chi connectivity index (χ4n) is 1.04. The van der Waals surface area contributed by atoms with Gasteiger partial charge in [0.15, 0.2) is 5.13 Å². The molecule has 0 bridgehead atoms. The van der Waals surface area contributed by atoms with Gasteiger partial charge in [0.2, 0.25) is 5.91 Å². The van der Waals surface area contributed by atoms with Crippen molar-refractivity contribution in [2.24, 2.45) is 5.73 Å². The van der Waals surface area contributed by atoms with Crippen LogP contribution in [0.15, 0.2) is 5.38 Å². The SMILES string of the molecule is CNC(=O)CCNc1nc(C(N)C(=O)O)cs1. The summed E-state index contributed by atoms with van der Waals surface area (Å²) < 4.78 is 0. The van der Waals surface area contributed by atoms with Gasteiger partial charge in [0, 0.05) is 25.4 Å². The first-order valence-corrected chi connectivity index (χ1v) is 5.81. The molecule has 1 aromatic rings. The van der Waals surface area contributed by atoms with Gasteiger partial charge in [0.05, 0.1) is 5.69 Å². The zero-order valence-electron chi connectivity index (χ0n) is 9.27. The Kier molecular flexibility index (Phi) is 4.85. The number of nitrogens with one attached hydrogen (secondary N) is 2. The minimum Gasteiger partial charge on any atom is -0.480 e. The number of hydrogen-bond acceptors (Lipinski definition) is 6. The highest BCUT2D eigenvalue weighted by molar-refractivity contribution is 7.13. The number of carboxylic acid groups (broad SMARTS) is 1. The van der Waals surface area contributed by atoms with Crippen molar-refractivity contribution < 1.29 is 14.7 Å². The molecule has 0 spiro atoms. The Morgan fingerprint density at radius 2 is 2.35 bits per heavy atom. The van der Waals surface area contributed by atoms with Crippen LogP contribution in [-0.4, -0.2) is 35.6 Å². The number of nitrogens with two attached hydrogens (primary N) is 1. The second-order valence-electron chi connectivity index (χ2n) is 3.24. The first-order valence-electron chi connectivity index (χ1n) is 4.93. The van der Waals surface area contributed by atoms with E-state index < -0.39 is 12.0 Å². The highest BCUT2D eigenvalue weighted by Gasteiger charge is 2.17. The molecule has 1 heterocycles. The lowest BCUT2D eigenvalue weighted by atomic mass is 10.2. The fraction of sp³-hybridized carbons (Fsp3) is 0.444. The van der Waals surface area contributed by atoms with Crippen molar-refractivity contribution in [2.75, 3.05) is 18.9 Å². The second-order valence-corrected chi connectivity index (χ2v) is 4.10. The Hall–Kier alpha value is -1.67. The molecular formula is C9H14N4O3S. The quantitative estimate of drug-likeness (QED) is 0.560. The van der Waals surface area contributed by atoms with Gasteiger partial charge in [-0.2, -0.15) is 0 Å². The van der Waals surface area contributed by atoms with E-state index in [-0.39, 0.29) is 5.91 Å². The Labute approximate surface area is 102 Å². The van der Waals surface area contributed by atoms with Crippen LogP contribution in [0.25, 0.3) is 0 Å². The van der Waals surface area contributed by atoms with Gasteiger partial charge in [0.25, 0.3) is 0 Å². The highest BCUT2D eigenvalue weighted by atomic mass is 32.1. The normalized spacial score (nSPS) is 11.9. The molecule has 0 saturated heterocycles. The average Bonchev–Trinajstić information content (AvgIpc) is 2.76. The third-order valence-corrected chi connectivity index (χ3v) is 2.83. The Bertz CT molecular complexity index is 407. The molecule has 1 unspecified atom stereocenters. The van der Waals surface area contributed by atoms with Crippen LogP contribution >= 0.6 is 11.3 Å². The molecule has 7 nitrogen and oxygen atoms in total. The zero-order chi connectivity index (χ0) is 12.8. The number of rotatable bonds is 6. The molecule has 0 aromatic carbocycles. The van der Waals surface area contributed by atoms with Crippen molar-refractivity contribution >= 4 is 28.3 Å². The summed E-state index contributed by atoms with van der Waals surface area (Å²) >= 11 is 1.26. The Balaban J connectivity index is 2.46. The average molecular weight is 258 g/mol. The predicted molar refractivity (Wildman–Crippen MR) is 63.9 cm³/mol. The summed E-state index contributed by atoms with van der Waals surface area (Å²) in [5, 5.41) is 16.3. The van der Waals surface area contributed by atoms with Gasteiger partial charge >= 0.3 is 5.97 Å². The summed E-state index contributed by atoms with van der Waals surface area (Å²) in [6, 6.07) is -1.11. The van der Waals surface area contributed by atoms with E-state index in [0.717, 1.165) is 0 Å². The topological polar surface area (TPSA) is 117 Å². The number of carbonyl (C=O) groups excluding carboxylic acids is 1. The highest BCUT2D eigenvalue weighted by Crippen LogP contribution is 2.19. The number of anilines is 1. The van der Waals surface area contributed by atoms with E-state index in [0.29, 0.717) is 23.8 Å². The molecule has 1 atom stereocenters. The maximum absolute atomic E-state index is 10.9. The van der Waals surface area contributed by atoms with Crippen LogP contribution in [0.3, 0.4) is 0 Å². The van der Waals surface area contributed by atoms with Crippen molar-refractivity contribution in [1.29, 1.82) is 0 Å². The molecule has 1 aromatic heterocycles.